The van der Waals surface area contributed by atoms with Crippen LogP contribution in [-0.4, -0.2) is 18.2 Å². The Labute approximate surface area is 119 Å². The average Bonchev–Trinajstić information content (AvgIpc) is 2.80. The number of hydrogen-bond acceptors (Lipinski definition) is 4. The first-order chi connectivity index (χ1) is 9.46. The van der Waals surface area contributed by atoms with Crippen molar-refractivity contribution < 1.29 is 8.42 Å². The van der Waals surface area contributed by atoms with E-state index in [0.29, 0.717) is 17.9 Å². The molecular weight excluding hydrogens is 274 g/mol. The van der Waals surface area contributed by atoms with Gasteiger partial charge in [-0.05, 0) is 37.6 Å². The molecule has 0 aliphatic heterocycles. The molecule has 0 radical (unpaired) electrons. The fourth-order valence-electron chi connectivity index (χ4n) is 2.06. The van der Waals surface area contributed by atoms with Crippen molar-refractivity contribution in [1.82, 2.24) is 9.78 Å². The lowest BCUT2D eigenvalue weighted by Crippen LogP contribution is -2.10. The molecule has 20 heavy (non-hydrogen) atoms. The number of anilines is 1. The SMILES string of the molecule is CCc1cc(CS(=O)(=O)c2cccc(N)c2)n(CC)n1. The highest BCUT2D eigenvalue weighted by Crippen LogP contribution is 2.19. The zero-order valence-electron chi connectivity index (χ0n) is 11.7. The molecule has 0 saturated heterocycles. The van der Waals surface area contributed by atoms with Gasteiger partial charge < -0.3 is 5.73 Å². The van der Waals surface area contributed by atoms with Gasteiger partial charge in [0.1, 0.15) is 0 Å². The van der Waals surface area contributed by atoms with Crippen LogP contribution in [0.25, 0.3) is 0 Å². The minimum atomic E-state index is -3.40. The van der Waals surface area contributed by atoms with E-state index >= 15 is 0 Å². The summed E-state index contributed by atoms with van der Waals surface area (Å²) >= 11 is 0. The fourth-order valence-corrected chi connectivity index (χ4v) is 3.45. The van der Waals surface area contributed by atoms with E-state index in [9.17, 15) is 8.42 Å². The Morgan fingerprint density at radius 1 is 1.25 bits per heavy atom. The molecule has 2 rings (SSSR count). The molecule has 0 amide bonds. The lowest BCUT2D eigenvalue weighted by molar-refractivity contribution is 0.585. The van der Waals surface area contributed by atoms with Crippen molar-refractivity contribution in [2.45, 2.75) is 37.5 Å². The minimum absolute atomic E-state index is 0.0582. The second-order valence-electron chi connectivity index (χ2n) is 4.63. The van der Waals surface area contributed by atoms with Crippen molar-refractivity contribution in [2.24, 2.45) is 0 Å². The van der Waals surface area contributed by atoms with Crippen LogP contribution in [0.4, 0.5) is 5.69 Å². The molecule has 0 saturated carbocycles. The molecule has 0 aliphatic carbocycles. The highest BCUT2D eigenvalue weighted by Gasteiger charge is 2.19. The molecule has 2 N–H and O–H groups in total. The van der Waals surface area contributed by atoms with Gasteiger partial charge >= 0.3 is 0 Å². The maximum Gasteiger partial charge on any atom is 0.184 e. The van der Waals surface area contributed by atoms with Gasteiger partial charge in [-0.25, -0.2) is 8.42 Å². The van der Waals surface area contributed by atoms with E-state index in [1.807, 2.05) is 19.9 Å². The number of aryl methyl sites for hydroxylation is 2. The van der Waals surface area contributed by atoms with Gasteiger partial charge in [0.25, 0.3) is 0 Å². The van der Waals surface area contributed by atoms with E-state index in [0.717, 1.165) is 12.1 Å². The van der Waals surface area contributed by atoms with Crippen LogP contribution in [0.5, 0.6) is 0 Å². The van der Waals surface area contributed by atoms with E-state index in [4.69, 9.17) is 5.73 Å². The average molecular weight is 293 g/mol. The number of sulfone groups is 1. The number of hydrogen-bond donors (Lipinski definition) is 1. The van der Waals surface area contributed by atoms with Crippen LogP contribution in [0, 0.1) is 0 Å². The molecule has 2 aromatic rings. The molecule has 1 heterocycles. The summed E-state index contributed by atoms with van der Waals surface area (Å²) in [4.78, 5) is 0.249. The predicted octanol–water partition coefficient (Wildman–Crippen LogP) is 2.02. The number of benzene rings is 1. The zero-order chi connectivity index (χ0) is 14.8. The molecule has 0 fully saturated rings. The third kappa shape index (κ3) is 3.01. The van der Waals surface area contributed by atoms with Gasteiger partial charge in [-0.3, -0.25) is 4.68 Å². The molecule has 0 spiro atoms. The van der Waals surface area contributed by atoms with E-state index in [2.05, 4.69) is 5.10 Å². The first kappa shape index (κ1) is 14.6. The second kappa shape index (κ2) is 5.66. The van der Waals surface area contributed by atoms with Crippen molar-refractivity contribution in [3.05, 3.63) is 41.7 Å². The summed E-state index contributed by atoms with van der Waals surface area (Å²) in [6, 6.07) is 8.23. The first-order valence-corrected chi connectivity index (χ1v) is 8.25. The molecule has 0 unspecified atom stereocenters. The highest BCUT2D eigenvalue weighted by atomic mass is 32.2. The van der Waals surface area contributed by atoms with Crippen LogP contribution in [0.15, 0.2) is 35.2 Å². The van der Waals surface area contributed by atoms with Crippen LogP contribution >= 0.6 is 0 Å². The molecule has 0 atom stereocenters. The van der Waals surface area contributed by atoms with Gasteiger partial charge in [0, 0.05) is 12.2 Å². The second-order valence-corrected chi connectivity index (χ2v) is 6.62. The third-order valence-electron chi connectivity index (χ3n) is 3.13. The van der Waals surface area contributed by atoms with Gasteiger partial charge in [0.15, 0.2) is 9.84 Å². The maximum atomic E-state index is 12.4. The van der Waals surface area contributed by atoms with Crippen LogP contribution < -0.4 is 5.73 Å². The van der Waals surface area contributed by atoms with Crippen LogP contribution in [-0.2, 0) is 28.6 Å². The Bertz CT molecular complexity index is 705. The minimum Gasteiger partial charge on any atom is -0.399 e. The number of aromatic nitrogens is 2. The summed E-state index contributed by atoms with van der Waals surface area (Å²) < 4.78 is 26.6. The number of nitrogens with two attached hydrogens (primary N) is 1. The lowest BCUT2D eigenvalue weighted by atomic mass is 10.3. The molecule has 6 heteroatoms. The lowest BCUT2D eigenvalue weighted by Gasteiger charge is -2.07. The maximum absolute atomic E-state index is 12.4. The van der Waals surface area contributed by atoms with Crippen LogP contribution in [0.3, 0.4) is 0 Å². The monoisotopic (exact) mass is 293 g/mol. The summed E-state index contributed by atoms with van der Waals surface area (Å²) in [7, 11) is -3.40. The van der Waals surface area contributed by atoms with Gasteiger partial charge in [0.2, 0.25) is 0 Å². The van der Waals surface area contributed by atoms with Crippen molar-refractivity contribution >= 4 is 15.5 Å². The standard InChI is InChI=1S/C14H19N3O2S/c1-3-12-9-13(17(4-2)16-12)10-20(18,19)14-7-5-6-11(15)8-14/h5-9H,3-4,10,15H2,1-2H3. The predicted molar refractivity (Wildman–Crippen MR) is 79.0 cm³/mol. The quantitative estimate of drug-likeness (QED) is 0.855. The van der Waals surface area contributed by atoms with Gasteiger partial charge in [-0.2, -0.15) is 5.10 Å². The zero-order valence-corrected chi connectivity index (χ0v) is 12.5. The molecule has 5 nitrogen and oxygen atoms in total. The molecule has 108 valence electrons. The molecule has 0 aliphatic rings. The number of nitrogen functional groups attached to an aromatic ring is 1. The molecule has 1 aromatic carbocycles. The Kier molecular flexibility index (Phi) is 4.13. The number of nitrogens with zero attached hydrogens (tertiary/aromatic N) is 2. The smallest absolute Gasteiger partial charge is 0.184 e. The Morgan fingerprint density at radius 3 is 2.60 bits per heavy atom. The first-order valence-electron chi connectivity index (χ1n) is 6.60. The number of rotatable bonds is 5. The molecule has 0 bridgehead atoms. The molecule has 1 aromatic heterocycles. The topological polar surface area (TPSA) is 78.0 Å². The van der Waals surface area contributed by atoms with Crippen molar-refractivity contribution in [1.29, 1.82) is 0 Å². The van der Waals surface area contributed by atoms with E-state index in [1.54, 1.807) is 22.9 Å². The fraction of sp³-hybridized carbons (Fsp3) is 0.357. The normalized spacial score (nSPS) is 11.7. The summed E-state index contributed by atoms with van der Waals surface area (Å²) in [6.45, 7) is 4.60. The summed E-state index contributed by atoms with van der Waals surface area (Å²) in [5, 5.41) is 4.37. The van der Waals surface area contributed by atoms with Crippen molar-refractivity contribution in [3.63, 3.8) is 0 Å². The largest absolute Gasteiger partial charge is 0.399 e. The van der Waals surface area contributed by atoms with E-state index in [1.165, 1.54) is 6.07 Å². The summed E-state index contributed by atoms with van der Waals surface area (Å²) in [5.74, 6) is -0.0582. The van der Waals surface area contributed by atoms with Crippen molar-refractivity contribution in [3.8, 4) is 0 Å². The summed E-state index contributed by atoms with van der Waals surface area (Å²) in [5.41, 5.74) is 7.72. The van der Waals surface area contributed by atoms with Gasteiger partial charge in [-0.1, -0.05) is 13.0 Å². The highest BCUT2D eigenvalue weighted by molar-refractivity contribution is 7.90. The van der Waals surface area contributed by atoms with Gasteiger partial charge in [0.05, 0.1) is 22.0 Å². The Balaban J connectivity index is 2.35. The van der Waals surface area contributed by atoms with Gasteiger partial charge in [-0.15, -0.1) is 0 Å². The van der Waals surface area contributed by atoms with Crippen LogP contribution in [0.1, 0.15) is 25.2 Å². The van der Waals surface area contributed by atoms with Crippen molar-refractivity contribution in [2.75, 3.05) is 5.73 Å². The Morgan fingerprint density at radius 2 is 2.00 bits per heavy atom. The third-order valence-corrected chi connectivity index (χ3v) is 4.78. The molecular formula is C14H19N3O2S. The van der Waals surface area contributed by atoms with Crippen LogP contribution in [0.2, 0.25) is 0 Å². The Hall–Kier alpha value is -1.82. The van der Waals surface area contributed by atoms with E-state index < -0.39 is 9.84 Å². The van der Waals surface area contributed by atoms with E-state index in [-0.39, 0.29) is 10.6 Å². The summed E-state index contributed by atoms with van der Waals surface area (Å²) in [6.07, 6.45) is 0.790.